The molecule has 1 N–H and O–H groups in total. The van der Waals surface area contributed by atoms with E-state index < -0.39 is 28.5 Å². The van der Waals surface area contributed by atoms with Crippen LogP contribution in [0.1, 0.15) is 38.3 Å². The van der Waals surface area contributed by atoms with Crippen LogP contribution in [0.4, 0.5) is 5.69 Å². The molecular weight excluding hydrogens is 557 g/mol. The first kappa shape index (κ1) is 30.5. The molecule has 0 saturated carbocycles. The zero-order chi connectivity index (χ0) is 28.7. The second kappa shape index (κ2) is 13.3. The summed E-state index contributed by atoms with van der Waals surface area (Å²) in [5.74, 6) is -0.923. The highest BCUT2D eigenvalue weighted by molar-refractivity contribution is 7.92. The van der Waals surface area contributed by atoms with Crippen LogP contribution in [0.3, 0.4) is 0 Å². The number of rotatable bonds is 11. The summed E-state index contributed by atoms with van der Waals surface area (Å²) >= 11 is 12.9. The highest BCUT2D eigenvalue weighted by Crippen LogP contribution is 2.29. The Morgan fingerprint density at radius 1 is 0.897 bits per heavy atom. The second-order valence-corrected chi connectivity index (χ2v) is 12.1. The van der Waals surface area contributed by atoms with Crippen LogP contribution in [-0.4, -0.2) is 43.8 Å². The lowest BCUT2D eigenvalue weighted by Gasteiger charge is -2.34. The first-order valence-electron chi connectivity index (χ1n) is 12.6. The Labute approximate surface area is 240 Å². The van der Waals surface area contributed by atoms with Gasteiger partial charge in [-0.1, -0.05) is 72.1 Å². The molecule has 3 aromatic carbocycles. The van der Waals surface area contributed by atoms with Crippen molar-refractivity contribution in [3.05, 3.63) is 94.0 Å². The maximum absolute atomic E-state index is 14.0. The van der Waals surface area contributed by atoms with Crippen LogP contribution in [0, 0.1) is 6.92 Å². The van der Waals surface area contributed by atoms with Gasteiger partial charge in [-0.25, -0.2) is 8.42 Å². The number of aryl methyl sites for hydroxylation is 1. The van der Waals surface area contributed by atoms with Gasteiger partial charge in [-0.05, 0) is 63.6 Å². The summed E-state index contributed by atoms with van der Waals surface area (Å²) in [5, 5.41) is 3.54. The van der Waals surface area contributed by atoms with Crippen LogP contribution in [0.2, 0.25) is 10.0 Å². The molecule has 7 nitrogen and oxygen atoms in total. The molecule has 0 spiro atoms. The third kappa shape index (κ3) is 7.53. The van der Waals surface area contributed by atoms with Gasteiger partial charge in [0.05, 0.1) is 10.6 Å². The summed E-state index contributed by atoms with van der Waals surface area (Å²) in [6.45, 7) is 6.72. The number of hydrogen-bond acceptors (Lipinski definition) is 4. The molecule has 0 aliphatic carbocycles. The van der Waals surface area contributed by atoms with Gasteiger partial charge in [-0.15, -0.1) is 0 Å². The fraction of sp³-hybridized carbons (Fsp3) is 0.310. The van der Waals surface area contributed by atoms with Gasteiger partial charge in [0.2, 0.25) is 11.8 Å². The first-order chi connectivity index (χ1) is 18.4. The Hall–Kier alpha value is -3.07. The topological polar surface area (TPSA) is 86.8 Å². The van der Waals surface area contributed by atoms with E-state index in [0.717, 1.165) is 9.87 Å². The standard InChI is InChI=1S/C29H33Cl2N3O4S/c1-5-27(29(36)32-20(2)3)33(18-24-25(30)12-9-13-26(24)31)28(35)19-34(22-16-14-21(4)15-17-22)39(37,38)23-10-7-6-8-11-23/h6-17,20,27H,5,18-19H2,1-4H3,(H,32,36). The number of carbonyl (C=O) groups excluding carboxylic acids is 2. The molecule has 0 aromatic heterocycles. The lowest BCUT2D eigenvalue weighted by atomic mass is 10.1. The molecule has 0 saturated heterocycles. The van der Waals surface area contributed by atoms with Crippen molar-refractivity contribution in [2.24, 2.45) is 0 Å². The van der Waals surface area contributed by atoms with Crippen LogP contribution < -0.4 is 9.62 Å². The fourth-order valence-electron chi connectivity index (χ4n) is 4.11. The van der Waals surface area contributed by atoms with E-state index in [0.29, 0.717) is 27.7 Å². The molecule has 208 valence electrons. The Morgan fingerprint density at radius 3 is 2.03 bits per heavy atom. The van der Waals surface area contributed by atoms with Crippen LogP contribution in [0.15, 0.2) is 77.7 Å². The van der Waals surface area contributed by atoms with Crippen LogP contribution in [-0.2, 0) is 26.2 Å². The number of carbonyl (C=O) groups is 2. The summed E-state index contributed by atoms with van der Waals surface area (Å²) in [4.78, 5) is 28.6. The van der Waals surface area contributed by atoms with Crippen LogP contribution in [0.5, 0.6) is 0 Å². The van der Waals surface area contributed by atoms with E-state index in [-0.39, 0.29) is 23.4 Å². The number of benzene rings is 3. The molecule has 3 rings (SSSR count). The zero-order valence-electron chi connectivity index (χ0n) is 22.4. The van der Waals surface area contributed by atoms with Crippen molar-refractivity contribution in [3.63, 3.8) is 0 Å². The third-order valence-electron chi connectivity index (χ3n) is 6.14. The number of sulfonamides is 1. The zero-order valence-corrected chi connectivity index (χ0v) is 24.7. The van der Waals surface area contributed by atoms with E-state index >= 15 is 0 Å². The van der Waals surface area contributed by atoms with E-state index in [9.17, 15) is 18.0 Å². The summed E-state index contributed by atoms with van der Waals surface area (Å²) < 4.78 is 28.7. The average Bonchev–Trinajstić information content (AvgIpc) is 2.89. The normalized spacial score (nSPS) is 12.2. The molecule has 0 heterocycles. The van der Waals surface area contributed by atoms with Crippen molar-refractivity contribution in [1.29, 1.82) is 0 Å². The number of amides is 2. The Kier molecular flexibility index (Phi) is 10.4. The maximum atomic E-state index is 14.0. The predicted octanol–water partition coefficient (Wildman–Crippen LogP) is 5.83. The molecule has 3 aromatic rings. The predicted molar refractivity (Wildman–Crippen MR) is 157 cm³/mol. The number of nitrogens with one attached hydrogen (secondary N) is 1. The van der Waals surface area contributed by atoms with Gasteiger partial charge in [0, 0.05) is 28.2 Å². The minimum absolute atomic E-state index is 0.0451. The van der Waals surface area contributed by atoms with E-state index in [2.05, 4.69) is 5.32 Å². The van der Waals surface area contributed by atoms with Gasteiger partial charge < -0.3 is 10.2 Å². The van der Waals surface area contributed by atoms with Gasteiger partial charge in [-0.2, -0.15) is 0 Å². The van der Waals surface area contributed by atoms with Crippen molar-refractivity contribution in [3.8, 4) is 0 Å². The van der Waals surface area contributed by atoms with Crippen molar-refractivity contribution in [2.45, 2.75) is 57.6 Å². The average molecular weight is 591 g/mol. The SMILES string of the molecule is CCC(C(=O)NC(C)C)N(Cc1c(Cl)cccc1Cl)C(=O)CN(c1ccc(C)cc1)S(=O)(=O)c1ccccc1. The monoisotopic (exact) mass is 589 g/mol. The molecule has 1 atom stereocenters. The van der Waals surface area contributed by atoms with Gasteiger partial charge in [0.15, 0.2) is 0 Å². The molecule has 0 aliphatic heterocycles. The summed E-state index contributed by atoms with van der Waals surface area (Å²) in [5.41, 5.74) is 1.74. The minimum Gasteiger partial charge on any atom is -0.352 e. The van der Waals surface area contributed by atoms with Crippen LogP contribution >= 0.6 is 23.2 Å². The number of hydrogen-bond donors (Lipinski definition) is 1. The van der Waals surface area contributed by atoms with E-state index in [1.807, 2.05) is 20.8 Å². The largest absolute Gasteiger partial charge is 0.352 e. The quantitative estimate of drug-likeness (QED) is 0.305. The smallest absolute Gasteiger partial charge is 0.264 e. The van der Waals surface area contributed by atoms with Gasteiger partial charge >= 0.3 is 0 Å². The number of anilines is 1. The summed E-state index contributed by atoms with van der Waals surface area (Å²) in [6, 6.07) is 18.7. The van der Waals surface area contributed by atoms with Crippen molar-refractivity contribution >= 4 is 50.7 Å². The summed E-state index contributed by atoms with van der Waals surface area (Å²) in [6.07, 6.45) is 0.294. The van der Waals surface area contributed by atoms with E-state index in [1.54, 1.807) is 67.6 Å². The highest BCUT2D eigenvalue weighted by Gasteiger charge is 2.34. The van der Waals surface area contributed by atoms with Crippen molar-refractivity contribution in [2.75, 3.05) is 10.8 Å². The lowest BCUT2D eigenvalue weighted by molar-refractivity contribution is -0.140. The Balaban J connectivity index is 2.09. The molecule has 0 radical (unpaired) electrons. The van der Waals surface area contributed by atoms with Gasteiger partial charge in [0.25, 0.3) is 10.0 Å². The highest BCUT2D eigenvalue weighted by atomic mass is 35.5. The molecule has 39 heavy (non-hydrogen) atoms. The lowest BCUT2D eigenvalue weighted by Crippen LogP contribution is -2.53. The summed E-state index contributed by atoms with van der Waals surface area (Å²) in [7, 11) is -4.12. The fourth-order valence-corrected chi connectivity index (χ4v) is 6.07. The second-order valence-electron chi connectivity index (χ2n) is 9.47. The van der Waals surface area contributed by atoms with Crippen LogP contribution in [0.25, 0.3) is 0 Å². The van der Waals surface area contributed by atoms with Gasteiger partial charge in [0.1, 0.15) is 12.6 Å². The molecule has 0 aliphatic rings. The Morgan fingerprint density at radius 2 is 1.49 bits per heavy atom. The molecule has 0 fully saturated rings. The Bertz CT molecular complexity index is 1380. The van der Waals surface area contributed by atoms with Crippen molar-refractivity contribution in [1.82, 2.24) is 10.2 Å². The van der Waals surface area contributed by atoms with Crippen molar-refractivity contribution < 1.29 is 18.0 Å². The first-order valence-corrected chi connectivity index (χ1v) is 14.8. The molecular formula is C29H33Cl2N3O4S. The molecule has 1 unspecified atom stereocenters. The number of halogens is 2. The van der Waals surface area contributed by atoms with E-state index in [1.165, 1.54) is 17.0 Å². The van der Waals surface area contributed by atoms with E-state index in [4.69, 9.17) is 23.2 Å². The minimum atomic E-state index is -4.12. The third-order valence-corrected chi connectivity index (χ3v) is 8.64. The molecule has 0 bridgehead atoms. The molecule has 10 heteroatoms. The van der Waals surface area contributed by atoms with Gasteiger partial charge in [-0.3, -0.25) is 13.9 Å². The molecule has 2 amide bonds. The maximum Gasteiger partial charge on any atom is 0.264 e. The number of nitrogens with zero attached hydrogens (tertiary/aromatic N) is 2.